The van der Waals surface area contributed by atoms with Crippen LogP contribution in [0, 0.1) is 11.8 Å². The predicted octanol–water partition coefficient (Wildman–Crippen LogP) is 2.96. The lowest BCUT2D eigenvalue weighted by Crippen LogP contribution is -2.45. The van der Waals surface area contributed by atoms with Crippen molar-refractivity contribution in [1.82, 2.24) is 5.32 Å². The lowest BCUT2D eigenvalue weighted by molar-refractivity contribution is -0.165. The first kappa shape index (κ1) is 15.1. The Kier molecular flexibility index (Phi) is 3.10. The molecule has 0 aromatic carbocycles. The van der Waals surface area contributed by atoms with E-state index in [0.29, 0.717) is 18.2 Å². The molecule has 2 saturated carbocycles. The zero-order chi connectivity index (χ0) is 15.6. The van der Waals surface area contributed by atoms with Gasteiger partial charge in [0.25, 0.3) is 11.8 Å². The molecular formula is C12H13F5N2OS. The van der Waals surface area contributed by atoms with Crippen LogP contribution in [-0.4, -0.2) is 34.0 Å². The Morgan fingerprint density at radius 1 is 1.33 bits per heavy atom. The van der Waals surface area contributed by atoms with Gasteiger partial charge in [-0.15, -0.1) is 0 Å². The Hall–Kier alpha value is -0.860. The average molecular weight is 328 g/mol. The second kappa shape index (κ2) is 4.33. The molecule has 21 heavy (non-hydrogen) atoms. The molecule has 3 rings (SSSR count). The molecule has 1 N–H and O–H groups in total. The van der Waals surface area contributed by atoms with Crippen molar-refractivity contribution in [3.8, 4) is 0 Å². The number of amides is 1. The number of carbonyl (C=O) groups excluding carboxylic acids is 1. The molecule has 2 aliphatic carbocycles. The standard InChI is InChI=1S/C12H13F5N2OS/c1-10(12(15,16)17)8(20)19-9(21-10)18-7-3-6-2-5(7)4-11(6,13)14/h5-7H,2-4H2,1H3,(H,18,19,20). The highest BCUT2D eigenvalue weighted by atomic mass is 32.2. The molecule has 2 fully saturated rings. The predicted molar refractivity (Wildman–Crippen MR) is 67.2 cm³/mol. The van der Waals surface area contributed by atoms with Crippen molar-refractivity contribution >= 4 is 22.8 Å². The van der Waals surface area contributed by atoms with Gasteiger partial charge in [0.2, 0.25) is 0 Å². The van der Waals surface area contributed by atoms with Crippen molar-refractivity contribution in [3.05, 3.63) is 0 Å². The van der Waals surface area contributed by atoms with Gasteiger partial charge >= 0.3 is 6.18 Å². The van der Waals surface area contributed by atoms with Gasteiger partial charge in [0.1, 0.15) is 0 Å². The Balaban J connectivity index is 1.67. The lowest BCUT2D eigenvalue weighted by Gasteiger charge is -2.29. The molecule has 0 aromatic heterocycles. The first-order valence-electron chi connectivity index (χ1n) is 6.56. The van der Waals surface area contributed by atoms with Gasteiger partial charge < -0.3 is 5.32 Å². The van der Waals surface area contributed by atoms with E-state index in [-0.39, 0.29) is 30.0 Å². The largest absolute Gasteiger partial charge is 0.412 e. The highest BCUT2D eigenvalue weighted by Gasteiger charge is 2.62. The molecule has 0 aromatic rings. The van der Waals surface area contributed by atoms with Gasteiger partial charge in [-0.2, -0.15) is 18.2 Å². The van der Waals surface area contributed by atoms with E-state index in [1.54, 1.807) is 0 Å². The fourth-order valence-electron chi connectivity index (χ4n) is 3.25. The number of rotatable bonds is 1. The van der Waals surface area contributed by atoms with E-state index in [2.05, 4.69) is 10.3 Å². The van der Waals surface area contributed by atoms with Crippen molar-refractivity contribution in [2.45, 2.75) is 49.1 Å². The van der Waals surface area contributed by atoms with Gasteiger partial charge in [0.15, 0.2) is 9.91 Å². The van der Waals surface area contributed by atoms with Gasteiger partial charge in [-0.1, -0.05) is 11.8 Å². The zero-order valence-corrected chi connectivity index (χ0v) is 11.8. The van der Waals surface area contributed by atoms with Crippen LogP contribution in [0.3, 0.4) is 0 Å². The minimum absolute atomic E-state index is 0.110. The van der Waals surface area contributed by atoms with E-state index in [1.807, 2.05) is 0 Å². The second-order valence-electron chi connectivity index (χ2n) is 6.00. The molecule has 0 saturated heterocycles. The first-order valence-corrected chi connectivity index (χ1v) is 7.38. The highest BCUT2D eigenvalue weighted by molar-refractivity contribution is 8.16. The fraction of sp³-hybridized carbons (Fsp3) is 0.833. The summed E-state index contributed by atoms with van der Waals surface area (Å²) >= 11 is 0.319. The van der Waals surface area contributed by atoms with Gasteiger partial charge in [0.05, 0.1) is 0 Å². The van der Waals surface area contributed by atoms with Crippen molar-refractivity contribution in [2.75, 3.05) is 0 Å². The number of fused-ring (bicyclic) bond motifs is 2. The summed E-state index contributed by atoms with van der Waals surface area (Å²) in [5.41, 5.74) is 0. The van der Waals surface area contributed by atoms with Crippen molar-refractivity contribution in [3.63, 3.8) is 0 Å². The number of aliphatic imine (C=N–C) groups is 1. The Labute approximate surface area is 121 Å². The topological polar surface area (TPSA) is 41.5 Å². The van der Waals surface area contributed by atoms with Crippen LogP contribution in [0.1, 0.15) is 26.2 Å². The van der Waals surface area contributed by atoms with E-state index >= 15 is 0 Å². The van der Waals surface area contributed by atoms with Crippen LogP contribution in [0.25, 0.3) is 0 Å². The van der Waals surface area contributed by atoms with Gasteiger partial charge in [-0.05, 0) is 25.7 Å². The maximum absolute atomic E-state index is 13.4. The SMILES string of the molecule is CC1(C(F)(F)F)SC(NC2CC3CC2CC3(F)F)=NC1=O. The number of carbonyl (C=O) groups is 1. The molecule has 9 heteroatoms. The maximum atomic E-state index is 13.4. The molecular weight excluding hydrogens is 315 g/mol. The summed E-state index contributed by atoms with van der Waals surface area (Å²) < 4.78 is 62.9. The molecule has 0 spiro atoms. The van der Waals surface area contributed by atoms with Crippen LogP contribution >= 0.6 is 11.8 Å². The molecule has 1 heterocycles. The summed E-state index contributed by atoms with van der Waals surface area (Å²) in [6, 6.07) is -0.329. The van der Waals surface area contributed by atoms with Gasteiger partial charge in [-0.3, -0.25) is 4.79 Å². The van der Waals surface area contributed by atoms with Crippen LogP contribution < -0.4 is 5.32 Å². The Bertz CT molecular complexity index is 520. The molecule has 3 aliphatic rings. The van der Waals surface area contributed by atoms with Crippen LogP contribution in [0.15, 0.2) is 4.99 Å². The summed E-state index contributed by atoms with van der Waals surface area (Å²) in [4.78, 5) is 14.9. The molecule has 1 aliphatic heterocycles. The number of halogens is 5. The zero-order valence-electron chi connectivity index (χ0n) is 11.0. The summed E-state index contributed by atoms with van der Waals surface area (Å²) in [6.07, 6.45) is -4.39. The van der Waals surface area contributed by atoms with Crippen LogP contribution in [-0.2, 0) is 4.79 Å². The van der Waals surface area contributed by atoms with E-state index in [9.17, 15) is 26.7 Å². The normalized spacial score (nSPS) is 41.5. The van der Waals surface area contributed by atoms with E-state index in [4.69, 9.17) is 0 Å². The summed E-state index contributed by atoms with van der Waals surface area (Å²) in [5, 5.41) is 2.65. The third-order valence-electron chi connectivity index (χ3n) is 4.59. The Morgan fingerprint density at radius 3 is 2.43 bits per heavy atom. The van der Waals surface area contributed by atoms with Gasteiger partial charge in [-0.25, -0.2) is 8.78 Å². The number of hydrogen-bond acceptors (Lipinski definition) is 3. The summed E-state index contributed by atoms with van der Waals surface area (Å²) in [6.45, 7) is 0.785. The number of nitrogens with zero attached hydrogens (tertiary/aromatic N) is 1. The highest BCUT2D eigenvalue weighted by Crippen LogP contribution is 2.54. The molecule has 2 bridgehead atoms. The number of nitrogens with one attached hydrogen (secondary N) is 1. The number of hydrogen-bond donors (Lipinski definition) is 1. The maximum Gasteiger partial charge on any atom is 0.412 e. The van der Waals surface area contributed by atoms with Crippen molar-refractivity contribution in [2.24, 2.45) is 16.8 Å². The minimum atomic E-state index is -4.70. The summed E-state index contributed by atoms with van der Waals surface area (Å²) in [5.74, 6) is -4.93. The minimum Gasteiger partial charge on any atom is -0.361 e. The number of thioether (sulfide) groups is 1. The van der Waals surface area contributed by atoms with Crippen molar-refractivity contribution in [1.29, 1.82) is 0 Å². The summed E-state index contributed by atoms with van der Waals surface area (Å²) in [7, 11) is 0. The van der Waals surface area contributed by atoms with Crippen LogP contribution in [0.5, 0.6) is 0 Å². The quantitative estimate of drug-likeness (QED) is 0.753. The molecule has 1 amide bonds. The van der Waals surface area contributed by atoms with E-state index < -0.39 is 28.7 Å². The first-order chi connectivity index (χ1) is 9.53. The molecule has 4 unspecified atom stereocenters. The van der Waals surface area contributed by atoms with Gasteiger partial charge in [0, 0.05) is 18.4 Å². The average Bonchev–Trinajstić information content (AvgIpc) is 2.90. The van der Waals surface area contributed by atoms with Crippen molar-refractivity contribution < 1.29 is 26.7 Å². The third kappa shape index (κ3) is 2.24. The van der Waals surface area contributed by atoms with Crippen LogP contribution in [0.4, 0.5) is 22.0 Å². The number of amidine groups is 1. The smallest absolute Gasteiger partial charge is 0.361 e. The lowest BCUT2D eigenvalue weighted by atomic mass is 9.92. The fourth-order valence-corrected chi connectivity index (χ4v) is 4.22. The Morgan fingerprint density at radius 2 is 2.00 bits per heavy atom. The third-order valence-corrected chi connectivity index (χ3v) is 5.80. The molecule has 118 valence electrons. The molecule has 0 radical (unpaired) electrons. The number of alkyl halides is 5. The molecule has 3 nitrogen and oxygen atoms in total. The second-order valence-corrected chi connectivity index (χ2v) is 7.41. The van der Waals surface area contributed by atoms with Crippen LogP contribution in [0.2, 0.25) is 0 Å². The monoisotopic (exact) mass is 328 g/mol. The van der Waals surface area contributed by atoms with E-state index in [0.717, 1.165) is 6.92 Å². The molecule has 4 atom stereocenters. The van der Waals surface area contributed by atoms with E-state index in [1.165, 1.54) is 0 Å².